The summed E-state index contributed by atoms with van der Waals surface area (Å²) in [6.07, 6.45) is 3.21. The summed E-state index contributed by atoms with van der Waals surface area (Å²) in [5, 5.41) is 3.37. The average molecular weight is 325 g/mol. The molecular formula is C12H21ClN2O2S2. The summed E-state index contributed by atoms with van der Waals surface area (Å²) in [5.74, 6) is 0. The van der Waals surface area contributed by atoms with Crippen molar-refractivity contribution in [2.45, 2.75) is 43.4 Å². The molecule has 1 atom stereocenters. The summed E-state index contributed by atoms with van der Waals surface area (Å²) in [4.78, 5) is 1.03. The fraction of sp³-hybridized carbons (Fsp3) is 0.667. The summed E-state index contributed by atoms with van der Waals surface area (Å²) in [6.45, 7) is 5.34. The second-order valence-electron chi connectivity index (χ2n) is 4.81. The number of sulfonamides is 1. The van der Waals surface area contributed by atoms with Gasteiger partial charge in [0.25, 0.3) is 0 Å². The molecule has 1 aliphatic rings. The molecule has 2 heterocycles. The molecule has 2 N–H and O–H groups in total. The van der Waals surface area contributed by atoms with E-state index in [-0.39, 0.29) is 12.4 Å². The van der Waals surface area contributed by atoms with Crippen molar-refractivity contribution in [3.05, 3.63) is 16.5 Å². The summed E-state index contributed by atoms with van der Waals surface area (Å²) in [6, 6.07) is 2.39. The Hall–Kier alpha value is -0.140. The van der Waals surface area contributed by atoms with Gasteiger partial charge in [0.05, 0.1) is 0 Å². The lowest BCUT2D eigenvalue weighted by atomic mass is 10.2. The highest BCUT2D eigenvalue weighted by molar-refractivity contribution is 7.91. The second kappa shape index (κ2) is 7.04. The highest BCUT2D eigenvalue weighted by atomic mass is 35.5. The van der Waals surface area contributed by atoms with E-state index < -0.39 is 10.0 Å². The van der Waals surface area contributed by atoms with Gasteiger partial charge in [0.2, 0.25) is 10.0 Å². The maximum atomic E-state index is 12.1. The lowest BCUT2D eigenvalue weighted by Gasteiger charge is -2.10. The summed E-state index contributed by atoms with van der Waals surface area (Å²) < 4.78 is 27.4. The number of hydrogen-bond donors (Lipinski definition) is 2. The molecule has 0 radical (unpaired) electrons. The SMILES string of the molecule is Cc1cc(C)c(S(=O)(=O)NCC[C@H]2CCCN2)s1.Cl. The van der Waals surface area contributed by atoms with Gasteiger partial charge in [0.15, 0.2) is 0 Å². The minimum Gasteiger partial charge on any atom is -0.314 e. The molecule has 1 saturated heterocycles. The van der Waals surface area contributed by atoms with Crippen molar-refractivity contribution in [3.63, 3.8) is 0 Å². The molecule has 110 valence electrons. The Labute approximate surface area is 125 Å². The van der Waals surface area contributed by atoms with Crippen LogP contribution in [0.5, 0.6) is 0 Å². The van der Waals surface area contributed by atoms with Gasteiger partial charge in [-0.3, -0.25) is 0 Å². The maximum absolute atomic E-state index is 12.1. The average Bonchev–Trinajstić information content (AvgIpc) is 2.88. The third kappa shape index (κ3) is 4.43. The van der Waals surface area contributed by atoms with Crippen molar-refractivity contribution in [3.8, 4) is 0 Å². The molecule has 0 amide bonds. The third-order valence-corrected chi connectivity index (χ3v) is 6.44. The van der Waals surface area contributed by atoms with E-state index in [0.717, 1.165) is 29.8 Å². The van der Waals surface area contributed by atoms with Gasteiger partial charge < -0.3 is 5.32 Å². The standard InChI is InChI=1S/C12H20N2O2S2.ClH/c1-9-8-10(2)17-12(9)18(15,16)14-7-5-11-4-3-6-13-11;/h8,11,13-14H,3-7H2,1-2H3;1H/t11-;/m1./s1. The Morgan fingerprint density at radius 1 is 1.47 bits per heavy atom. The van der Waals surface area contributed by atoms with E-state index in [1.54, 1.807) is 0 Å². The van der Waals surface area contributed by atoms with E-state index >= 15 is 0 Å². The Kier molecular flexibility index (Phi) is 6.26. The molecule has 1 aromatic rings. The molecule has 0 unspecified atom stereocenters. The Morgan fingerprint density at radius 3 is 2.74 bits per heavy atom. The second-order valence-corrected chi connectivity index (χ2v) is 8.03. The van der Waals surface area contributed by atoms with Gasteiger partial charge >= 0.3 is 0 Å². The van der Waals surface area contributed by atoms with Gasteiger partial charge in [-0.05, 0) is 51.3 Å². The zero-order valence-corrected chi connectivity index (χ0v) is 13.7. The number of aryl methyl sites for hydroxylation is 2. The molecule has 0 aliphatic carbocycles. The first-order valence-corrected chi connectivity index (χ1v) is 8.59. The van der Waals surface area contributed by atoms with E-state index in [4.69, 9.17) is 0 Å². The first-order valence-electron chi connectivity index (χ1n) is 6.29. The van der Waals surface area contributed by atoms with Crippen molar-refractivity contribution in [2.75, 3.05) is 13.1 Å². The zero-order valence-electron chi connectivity index (χ0n) is 11.2. The van der Waals surface area contributed by atoms with E-state index in [1.807, 2.05) is 19.9 Å². The molecule has 0 saturated carbocycles. The zero-order chi connectivity index (χ0) is 13.2. The van der Waals surface area contributed by atoms with Crippen LogP contribution < -0.4 is 10.0 Å². The Morgan fingerprint density at radius 2 is 2.21 bits per heavy atom. The first kappa shape index (κ1) is 16.9. The van der Waals surface area contributed by atoms with Crippen LogP contribution in [0.3, 0.4) is 0 Å². The number of halogens is 1. The van der Waals surface area contributed by atoms with Crippen LogP contribution in [0.15, 0.2) is 10.3 Å². The van der Waals surface area contributed by atoms with Gasteiger partial charge in [0.1, 0.15) is 4.21 Å². The monoisotopic (exact) mass is 324 g/mol. The molecule has 1 aromatic heterocycles. The Bertz CT molecular complexity index is 508. The number of rotatable bonds is 5. The molecule has 1 aliphatic heterocycles. The normalized spacial score (nSPS) is 19.4. The van der Waals surface area contributed by atoms with Crippen LogP contribution in [0, 0.1) is 13.8 Å². The topological polar surface area (TPSA) is 58.2 Å². The van der Waals surface area contributed by atoms with Crippen molar-refractivity contribution in [1.82, 2.24) is 10.0 Å². The highest BCUT2D eigenvalue weighted by Crippen LogP contribution is 2.25. The predicted molar refractivity (Wildman–Crippen MR) is 81.9 cm³/mol. The van der Waals surface area contributed by atoms with Gasteiger partial charge in [-0.15, -0.1) is 23.7 Å². The minimum absolute atomic E-state index is 0. The molecule has 0 spiro atoms. The molecule has 2 rings (SSSR count). The van der Waals surface area contributed by atoms with Crippen LogP contribution in [0.1, 0.15) is 29.7 Å². The molecule has 1 fully saturated rings. The molecule has 0 aromatic carbocycles. The summed E-state index contributed by atoms with van der Waals surface area (Å²) in [5.41, 5.74) is 0.837. The molecule has 0 bridgehead atoms. The molecule has 4 nitrogen and oxygen atoms in total. The quantitative estimate of drug-likeness (QED) is 0.873. The van der Waals surface area contributed by atoms with Crippen molar-refractivity contribution in [1.29, 1.82) is 0 Å². The molecule has 19 heavy (non-hydrogen) atoms. The van der Waals surface area contributed by atoms with E-state index in [1.165, 1.54) is 17.8 Å². The third-order valence-electron chi connectivity index (χ3n) is 3.19. The van der Waals surface area contributed by atoms with Crippen molar-refractivity contribution >= 4 is 33.8 Å². The Balaban J connectivity index is 0.00000180. The van der Waals surface area contributed by atoms with Crippen LogP contribution >= 0.6 is 23.7 Å². The summed E-state index contributed by atoms with van der Waals surface area (Å²) >= 11 is 1.34. The minimum atomic E-state index is -3.32. The number of nitrogens with one attached hydrogen (secondary N) is 2. The highest BCUT2D eigenvalue weighted by Gasteiger charge is 2.20. The number of hydrogen-bond acceptors (Lipinski definition) is 4. The van der Waals surface area contributed by atoms with Gasteiger partial charge in [-0.2, -0.15) is 0 Å². The van der Waals surface area contributed by atoms with Gasteiger partial charge in [-0.25, -0.2) is 13.1 Å². The van der Waals surface area contributed by atoms with E-state index in [0.29, 0.717) is 16.8 Å². The van der Waals surface area contributed by atoms with Crippen molar-refractivity contribution < 1.29 is 8.42 Å². The van der Waals surface area contributed by atoms with Crippen molar-refractivity contribution in [2.24, 2.45) is 0 Å². The number of thiophene rings is 1. The fourth-order valence-corrected chi connectivity index (χ4v) is 5.08. The largest absolute Gasteiger partial charge is 0.314 e. The van der Waals surface area contributed by atoms with Gasteiger partial charge in [-0.1, -0.05) is 0 Å². The predicted octanol–water partition coefficient (Wildman–Crippen LogP) is 2.21. The maximum Gasteiger partial charge on any atom is 0.250 e. The molecular weight excluding hydrogens is 304 g/mol. The van der Waals surface area contributed by atoms with Gasteiger partial charge in [0, 0.05) is 17.5 Å². The lowest BCUT2D eigenvalue weighted by Crippen LogP contribution is -2.30. The van der Waals surface area contributed by atoms with Crippen LogP contribution in [-0.2, 0) is 10.0 Å². The molecule has 7 heteroatoms. The van der Waals surface area contributed by atoms with E-state index in [2.05, 4.69) is 10.0 Å². The first-order chi connectivity index (χ1) is 8.49. The van der Waals surface area contributed by atoms with Crippen LogP contribution in [0.2, 0.25) is 0 Å². The van der Waals surface area contributed by atoms with Crippen LogP contribution in [0.25, 0.3) is 0 Å². The van der Waals surface area contributed by atoms with E-state index in [9.17, 15) is 8.42 Å². The lowest BCUT2D eigenvalue weighted by molar-refractivity contribution is 0.540. The van der Waals surface area contributed by atoms with Crippen LogP contribution in [-0.4, -0.2) is 27.5 Å². The van der Waals surface area contributed by atoms with Crippen LogP contribution in [0.4, 0.5) is 0 Å². The smallest absolute Gasteiger partial charge is 0.250 e. The fourth-order valence-electron chi connectivity index (χ4n) is 2.32. The summed E-state index contributed by atoms with van der Waals surface area (Å²) in [7, 11) is -3.32.